The summed E-state index contributed by atoms with van der Waals surface area (Å²) in [4.78, 5) is 12.4. The molecule has 0 aliphatic rings. The van der Waals surface area contributed by atoms with E-state index in [4.69, 9.17) is 20.4 Å². The van der Waals surface area contributed by atoms with E-state index in [9.17, 15) is 9.90 Å². The number of para-hydroxylation sites is 1. The van der Waals surface area contributed by atoms with Crippen molar-refractivity contribution in [1.82, 2.24) is 5.32 Å². The summed E-state index contributed by atoms with van der Waals surface area (Å²) < 4.78 is 10.8. The smallest absolute Gasteiger partial charge is 0.287 e. The summed E-state index contributed by atoms with van der Waals surface area (Å²) >= 11 is 6.09. The number of fused-ring (bicyclic) bond motifs is 1. The molecule has 3 rings (SSSR count). The van der Waals surface area contributed by atoms with E-state index in [1.165, 1.54) is 6.26 Å². The van der Waals surface area contributed by atoms with Crippen molar-refractivity contribution in [3.8, 4) is 0 Å². The first kappa shape index (κ1) is 15.6. The van der Waals surface area contributed by atoms with E-state index in [0.717, 1.165) is 5.39 Å². The number of benzene rings is 1. The third kappa shape index (κ3) is 2.85. The van der Waals surface area contributed by atoms with E-state index in [0.29, 0.717) is 21.9 Å². The number of carbonyl (C=O) groups is 1. The van der Waals surface area contributed by atoms with Crippen LogP contribution >= 0.6 is 11.6 Å². The second kappa shape index (κ2) is 5.76. The molecule has 23 heavy (non-hydrogen) atoms. The molecule has 0 spiro atoms. The van der Waals surface area contributed by atoms with Crippen molar-refractivity contribution in [2.75, 3.05) is 6.54 Å². The van der Waals surface area contributed by atoms with E-state index in [2.05, 4.69) is 5.32 Å². The van der Waals surface area contributed by atoms with Crippen molar-refractivity contribution in [2.24, 2.45) is 0 Å². The average molecular weight is 334 g/mol. The van der Waals surface area contributed by atoms with Crippen LogP contribution in [-0.2, 0) is 5.60 Å². The number of amides is 1. The fourth-order valence-electron chi connectivity index (χ4n) is 2.43. The van der Waals surface area contributed by atoms with Crippen LogP contribution in [0.1, 0.15) is 28.8 Å². The van der Waals surface area contributed by atoms with Gasteiger partial charge in [-0.25, -0.2) is 0 Å². The summed E-state index contributed by atoms with van der Waals surface area (Å²) in [6.45, 7) is 3.35. The molecule has 0 aliphatic carbocycles. The van der Waals surface area contributed by atoms with Crippen LogP contribution in [0.3, 0.4) is 0 Å². The molecule has 0 unspecified atom stereocenters. The molecule has 0 saturated heterocycles. The summed E-state index contributed by atoms with van der Waals surface area (Å²) in [6, 6.07) is 8.68. The Morgan fingerprint density at radius 2 is 2.13 bits per heavy atom. The molecule has 3 aromatic rings. The van der Waals surface area contributed by atoms with Crippen molar-refractivity contribution in [3.63, 3.8) is 0 Å². The summed E-state index contributed by atoms with van der Waals surface area (Å²) in [6.07, 6.45) is 1.47. The van der Waals surface area contributed by atoms with Crippen LogP contribution in [0.2, 0.25) is 5.02 Å². The summed E-state index contributed by atoms with van der Waals surface area (Å²) in [5.74, 6) is 0.145. The van der Waals surface area contributed by atoms with Crippen molar-refractivity contribution in [2.45, 2.75) is 19.4 Å². The Balaban J connectivity index is 1.82. The maximum atomic E-state index is 12.4. The highest BCUT2D eigenvalue weighted by Crippen LogP contribution is 2.30. The molecule has 1 aromatic carbocycles. The molecule has 0 fully saturated rings. The average Bonchev–Trinajstić information content (AvgIpc) is 3.15. The minimum Gasteiger partial charge on any atom is -0.466 e. The van der Waals surface area contributed by atoms with Crippen molar-refractivity contribution >= 4 is 28.5 Å². The van der Waals surface area contributed by atoms with Crippen LogP contribution in [0.5, 0.6) is 0 Å². The Morgan fingerprint density at radius 1 is 1.35 bits per heavy atom. The van der Waals surface area contributed by atoms with Gasteiger partial charge in [-0.05, 0) is 32.0 Å². The van der Waals surface area contributed by atoms with Crippen LogP contribution in [0.25, 0.3) is 11.0 Å². The molecule has 0 bridgehead atoms. The van der Waals surface area contributed by atoms with Gasteiger partial charge in [0.05, 0.1) is 17.8 Å². The Labute approximate surface area is 137 Å². The second-order valence-corrected chi connectivity index (χ2v) is 6.01. The third-order valence-electron chi connectivity index (χ3n) is 3.77. The Bertz CT molecular complexity index is 849. The Hall–Kier alpha value is -2.24. The lowest BCUT2D eigenvalue weighted by atomic mass is 10.0. The first-order chi connectivity index (χ1) is 10.9. The molecule has 6 heteroatoms. The minimum absolute atomic E-state index is 0.0104. The fraction of sp³-hybridized carbons (Fsp3) is 0.235. The SMILES string of the molecule is Cc1c(C(=O)NC[C@](C)(O)c2ccco2)oc2c(Cl)cccc12. The molecule has 0 aliphatic heterocycles. The van der Waals surface area contributed by atoms with Gasteiger partial charge in [0.15, 0.2) is 11.3 Å². The van der Waals surface area contributed by atoms with Crippen LogP contribution in [0.15, 0.2) is 45.4 Å². The van der Waals surface area contributed by atoms with Crippen molar-refractivity contribution in [1.29, 1.82) is 0 Å². The Morgan fingerprint density at radius 3 is 2.78 bits per heavy atom. The number of hydrogen-bond donors (Lipinski definition) is 2. The molecule has 5 nitrogen and oxygen atoms in total. The highest BCUT2D eigenvalue weighted by molar-refractivity contribution is 6.35. The predicted molar refractivity (Wildman–Crippen MR) is 86.6 cm³/mol. The number of hydrogen-bond acceptors (Lipinski definition) is 4. The molecular formula is C17H16ClNO4. The minimum atomic E-state index is -1.31. The molecule has 2 heterocycles. The zero-order valence-electron chi connectivity index (χ0n) is 12.7. The Kier molecular flexibility index (Phi) is 3.92. The second-order valence-electron chi connectivity index (χ2n) is 5.61. The number of rotatable bonds is 4. The van der Waals surface area contributed by atoms with Crippen molar-refractivity contribution in [3.05, 3.63) is 58.7 Å². The lowest BCUT2D eigenvalue weighted by Crippen LogP contribution is -2.38. The first-order valence-electron chi connectivity index (χ1n) is 7.12. The van der Waals surface area contributed by atoms with Gasteiger partial charge in [0, 0.05) is 10.9 Å². The van der Waals surface area contributed by atoms with E-state index in [1.807, 2.05) is 6.07 Å². The largest absolute Gasteiger partial charge is 0.466 e. The monoisotopic (exact) mass is 333 g/mol. The van der Waals surface area contributed by atoms with Crippen LogP contribution in [-0.4, -0.2) is 17.6 Å². The van der Waals surface area contributed by atoms with E-state index in [1.54, 1.807) is 38.1 Å². The zero-order valence-corrected chi connectivity index (χ0v) is 13.5. The van der Waals surface area contributed by atoms with Gasteiger partial charge in [0.2, 0.25) is 0 Å². The summed E-state index contributed by atoms with van der Waals surface area (Å²) in [5.41, 5.74) is -0.122. The van der Waals surface area contributed by atoms with Crippen LogP contribution in [0, 0.1) is 6.92 Å². The van der Waals surface area contributed by atoms with Crippen LogP contribution < -0.4 is 5.32 Å². The highest BCUT2D eigenvalue weighted by Gasteiger charge is 2.28. The molecule has 0 saturated carbocycles. The molecule has 0 radical (unpaired) electrons. The lowest BCUT2D eigenvalue weighted by Gasteiger charge is -2.20. The van der Waals surface area contributed by atoms with Gasteiger partial charge in [-0.1, -0.05) is 23.7 Å². The number of carbonyl (C=O) groups excluding carboxylic acids is 1. The number of halogens is 1. The van der Waals surface area contributed by atoms with Gasteiger partial charge >= 0.3 is 0 Å². The number of nitrogens with one attached hydrogen (secondary N) is 1. The molecule has 120 valence electrons. The molecule has 2 N–H and O–H groups in total. The number of furan rings is 2. The van der Waals surface area contributed by atoms with Gasteiger partial charge in [-0.3, -0.25) is 4.79 Å². The van der Waals surface area contributed by atoms with E-state index >= 15 is 0 Å². The van der Waals surface area contributed by atoms with Crippen molar-refractivity contribution < 1.29 is 18.7 Å². The van der Waals surface area contributed by atoms with Gasteiger partial charge < -0.3 is 19.3 Å². The molecule has 1 amide bonds. The standard InChI is InChI=1S/C17H16ClNO4/c1-10-11-5-3-6-12(18)15(11)23-14(10)16(20)19-9-17(2,21)13-7-4-8-22-13/h3-8,21H,9H2,1-2H3,(H,19,20)/t17-/m0/s1. The zero-order chi connectivity index (χ0) is 16.6. The quantitative estimate of drug-likeness (QED) is 0.764. The molecule has 1 atom stereocenters. The van der Waals surface area contributed by atoms with Crippen LogP contribution in [0.4, 0.5) is 0 Å². The molecular weight excluding hydrogens is 318 g/mol. The van der Waals surface area contributed by atoms with Gasteiger partial charge in [0.25, 0.3) is 5.91 Å². The van der Waals surface area contributed by atoms with Gasteiger partial charge in [0.1, 0.15) is 11.4 Å². The maximum absolute atomic E-state index is 12.4. The molecule has 2 aromatic heterocycles. The summed E-state index contributed by atoms with van der Waals surface area (Å²) in [5, 5.41) is 14.3. The van der Waals surface area contributed by atoms with Gasteiger partial charge in [-0.15, -0.1) is 0 Å². The normalized spacial score (nSPS) is 13.9. The highest BCUT2D eigenvalue weighted by atomic mass is 35.5. The van der Waals surface area contributed by atoms with E-state index < -0.39 is 11.5 Å². The maximum Gasteiger partial charge on any atom is 0.287 e. The number of aryl methyl sites for hydroxylation is 1. The predicted octanol–water partition coefficient (Wildman–Crippen LogP) is 3.63. The third-order valence-corrected chi connectivity index (χ3v) is 4.06. The lowest BCUT2D eigenvalue weighted by molar-refractivity contribution is 0.0326. The first-order valence-corrected chi connectivity index (χ1v) is 7.50. The topological polar surface area (TPSA) is 75.6 Å². The summed E-state index contributed by atoms with van der Waals surface area (Å²) in [7, 11) is 0. The van der Waals surface area contributed by atoms with E-state index in [-0.39, 0.29) is 12.3 Å². The number of aliphatic hydroxyl groups is 1. The van der Waals surface area contributed by atoms with Gasteiger partial charge in [-0.2, -0.15) is 0 Å². The fourth-order valence-corrected chi connectivity index (χ4v) is 2.64.